The third kappa shape index (κ3) is 2.14. The second-order valence-electron chi connectivity index (χ2n) is 5.35. The summed E-state index contributed by atoms with van der Waals surface area (Å²) in [6.45, 7) is 1.11. The smallest absolute Gasteiger partial charge is 0.145 e. The zero-order valence-corrected chi connectivity index (χ0v) is 10.7. The number of hydrogen-bond acceptors (Lipinski definition) is 5. The maximum absolute atomic E-state index is 5.42. The van der Waals surface area contributed by atoms with E-state index in [4.69, 9.17) is 5.84 Å². The molecule has 1 aliphatic heterocycles. The van der Waals surface area contributed by atoms with Gasteiger partial charge in [-0.25, -0.2) is 15.8 Å². The van der Waals surface area contributed by atoms with Gasteiger partial charge in [0.15, 0.2) is 0 Å². The number of nitrogens with two attached hydrogens (primary N) is 1. The van der Waals surface area contributed by atoms with Gasteiger partial charge >= 0.3 is 0 Å². The molecule has 0 unspecified atom stereocenters. The van der Waals surface area contributed by atoms with Gasteiger partial charge in [-0.1, -0.05) is 12.8 Å². The predicted octanol–water partition coefficient (Wildman–Crippen LogP) is 1.92. The van der Waals surface area contributed by atoms with Crippen LogP contribution in [0.3, 0.4) is 0 Å². The molecule has 1 aliphatic carbocycles. The van der Waals surface area contributed by atoms with E-state index in [2.05, 4.69) is 20.3 Å². The Morgan fingerprint density at radius 1 is 1.17 bits per heavy atom. The Bertz CT molecular complexity index is 406. The summed E-state index contributed by atoms with van der Waals surface area (Å²) in [4.78, 5) is 11.0. The average molecular weight is 247 g/mol. The van der Waals surface area contributed by atoms with Gasteiger partial charge in [0.25, 0.3) is 0 Å². The first-order valence-corrected chi connectivity index (χ1v) is 6.94. The third-order valence-corrected chi connectivity index (χ3v) is 4.34. The lowest BCUT2D eigenvalue weighted by molar-refractivity contribution is 0.242. The largest absolute Gasteiger partial charge is 0.353 e. The first-order chi connectivity index (χ1) is 8.88. The summed E-state index contributed by atoms with van der Waals surface area (Å²) < 4.78 is 0. The fourth-order valence-corrected chi connectivity index (χ4v) is 3.49. The van der Waals surface area contributed by atoms with E-state index >= 15 is 0 Å². The number of rotatable bonds is 2. The minimum atomic E-state index is 0.674. The molecule has 0 radical (unpaired) electrons. The first-order valence-electron chi connectivity index (χ1n) is 6.94. The van der Waals surface area contributed by atoms with E-state index in [0.717, 1.165) is 18.3 Å². The highest BCUT2D eigenvalue weighted by Crippen LogP contribution is 2.37. The third-order valence-electron chi connectivity index (χ3n) is 4.34. The molecule has 0 bridgehead atoms. The Morgan fingerprint density at radius 2 is 2.00 bits per heavy atom. The van der Waals surface area contributed by atoms with Crippen LogP contribution in [-0.4, -0.2) is 22.6 Å². The molecule has 3 N–H and O–H groups in total. The predicted molar refractivity (Wildman–Crippen MR) is 72.2 cm³/mol. The maximum Gasteiger partial charge on any atom is 0.145 e. The zero-order chi connectivity index (χ0) is 12.4. The van der Waals surface area contributed by atoms with Crippen LogP contribution in [-0.2, 0) is 0 Å². The van der Waals surface area contributed by atoms with Crippen molar-refractivity contribution < 1.29 is 0 Å². The standard InChI is InChI=1S/C13H21N5/c14-17-12-8-13(16-9-15-12)18-7-3-5-10-4-1-2-6-11(10)18/h8-11H,1-7,14H2,(H,15,16,17)/t10-,11-/m1/s1. The average Bonchev–Trinajstić information content (AvgIpc) is 2.47. The summed E-state index contributed by atoms with van der Waals surface area (Å²) in [6.07, 6.45) is 9.69. The van der Waals surface area contributed by atoms with E-state index in [1.54, 1.807) is 6.33 Å². The molecule has 5 heteroatoms. The molecule has 1 aromatic heterocycles. The summed E-state index contributed by atoms with van der Waals surface area (Å²) in [7, 11) is 0. The summed E-state index contributed by atoms with van der Waals surface area (Å²) in [5.74, 6) is 7.99. The van der Waals surface area contributed by atoms with Gasteiger partial charge in [0.05, 0.1) is 0 Å². The highest BCUT2D eigenvalue weighted by molar-refractivity contribution is 5.49. The number of aromatic nitrogens is 2. The minimum Gasteiger partial charge on any atom is -0.353 e. The van der Waals surface area contributed by atoms with Crippen LogP contribution in [0.25, 0.3) is 0 Å². The number of fused-ring (bicyclic) bond motifs is 1. The Kier molecular flexibility index (Phi) is 3.32. The van der Waals surface area contributed by atoms with Gasteiger partial charge < -0.3 is 10.3 Å². The molecule has 0 spiro atoms. The minimum absolute atomic E-state index is 0.674. The molecule has 3 rings (SSSR count). The van der Waals surface area contributed by atoms with E-state index in [1.165, 1.54) is 38.5 Å². The second-order valence-corrected chi connectivity index (χ2v) is 5.35. The van der Waals surface area contributed by atoms with Gasteiger partial charge in [0, 0.05) is 18.7 Å². The Morgan fingerprint density at radius 3 is 2.89 bits per heavy atom. The molecule has 0 amide bonds. The van der Waals surface area contributed by atoms with Crippen molar-refractivity contribution in [2.24, 2.45) is 11.8 Å². The molecule has 1 saturated carbocycles. The molecule has 2 aliphatic rings. The van der Waals surface area contributed by atoms with Crippen molar-refractivity contribution in [3.8, 4) is 0 Å². The van der Waals surface area contributed by atoms with E-state index < -0.39 is 0 Å². The lowest BCUT2D eigenvalue weighted by atomic mass is 9.78. The number of hydrogen-bond donors (Lipinski definition) is 2. The van der Waals surface area contributed by atoms with Gasteiger partial charge in [0.1, 0.15) is 18.0 Å². The van der Waals surface area contributed by atoms with Crippen molar-refractivity contribution in [3.63, 3.8) is 0 Å². The van der Waals surface area contributed by atoms with Crippen molar-refractivity contribution in [1.82, 2.24) is 9.97 Å². The molecule has 18 heavy (non-hydrogen) atoms. The highest BCUT2D eigenvalue weighted by atomic mass is 15.3. The van der Waals surface area contributed by atoms with Crippen LogP contribution in [0.2, 0.25) is 0 Å². The number of hydrazine groups is 1. The van der Waals surface area contributed by atoms with Gasteiger partial charge in [-0.05, 0) is 31.6 Å². The summed E-state index contributed by atoms with van der Waals surface area (Å²) in [6, 6.07) is 2.63. The molecule has 5 nitrogen and oxygen atoms in total. The highest BCUT2D eigenvalue weighted by Gasteiger charge is 2.33. The normalized spacial score (nSPS) is 27.7. The molecule has 98 valence electrons. The second kappa shape index (κ2) is 5.10. The van der Waals surface area contributed by atoms with E-state index in [9.17, 15) is 0 Å². The van der Waals surface area contributed by atoms with Crippen molar-refractivity contribution >= 4 is 11.6 Å². The SMILES string of the molecule is NNc1cc(N2CCC[C@H]3CCCC[C@H]32)ncn1. The van der Waals surface area contributed by atoms with Gasteiger partial charge in [0.2, 0.25) is 0 Å². The number of nitrogen functional groups attached to an aromatic ring is 1. The molecule has 0 aromatic carbocycles. The zero-order valence-electron chi connectivity index (χ0n) is 10.7. The first kappa shape index (κ1) is 11.7. The number of nitrogens with zero attached hydrogens (tertiary/aromatic N) is 3. The van der Waals surface area contributed by atoms with Gasteiger partial charge in [-0.3, -0.25) is 0 Å². The van der Waals surface area contributed by atoms with Gasteiger partial charge in [-0.15, -0.1) is 0 Å². The molecular formula is C13H21N5. The fourth-order valence-electron chi connectivity index (χ4n) is 3.49. The fraction of sp³-hybridized carbons (Fsp3) is 0.692. The van der Waals surface area contributed by atoms with Crippen LogP contribution in [0.15, 0.2) is 12.4 Å². The van der Waals surface area contributed by atoms with Crippen LogP contribution in [0.5, 0.6) is 0 Å². The van der Waals surface area contributed by atoms with E-state index in [-0.39, 0.29) is 0 Å². The van der Waals surface area contributed by atoms with Crippen molar-refractivity contribution in [2.45, 2.75) is 44.6 Å². The topological polar surface area (TPSA) is 67.1 Å². The lowest BCUT2D eigenvalue weighted by Crippen LogP contribution is -2.47. The maximum atomic E-state index is 5.42. The lowest BCUT2D eigenvalue weighted by Gasteiger charge is -2.44. The van der Waals surface area contributed by atoms with Crippen LogP contribution < -0.4 is 16.2 Å². The number of nitrogens with one attached hydrogen (secondary N) is 1. The van der Waals surface area contributed by atoms with E-state index in [0.29, 0.717) is 11.9 Å². The molecule has 1 saturated heterocycles. The number of piperidine rings is 1. The van der Waals surface area contributed by atoms with Crippen LogP contribution in [0.1, 0.15) is 38.5 Å². The van der Waals surface area contributed by atoms with Crippen molar-refractivity contribution in [2.75, 3.05) is 16.9 Å². The summed E-state index contributed by atoms with van der Waals surface area (Å²) in [5.41, 5.74) is 2.60. The summed E-state index contributed by atoms with van der Waals surface area (Å²) >= 11 is 0. The molecule has 2 heterocycles. The molecule has 1 aromatic rings. The Labute approximate surface area is 108 Å². The molecule has 2 atom stereocenters. The van der Waals surface area contributed by atoms with Crippen LogP contribution in [0.4, 0.5) is 11.6 Å². The van der Waals surface area contributed by atoms with E-state index in [1.807, 2.05) is 6.07 Å². The quantitative estimate of drug-likeness (QED) is 0.617. The van der Waals surface area contributed by atoms with Crippen LogP contribution in [0, 0.1) is 5.92 Å². The molecule has 2 fully saturated rings. The van der Waals surface area contributed by atoms with Crippen molar-refractivity contribution in [1.29, 1.82) is 0 Å². The van der Waals surface area contributed by atoms with Crippen LogP contribution >= 0.6 is 0 Å². The molecular weight excluding hydrogens is 226 g/mol. The van der Waals surface area contributed by atoms with Gasteiger partial charge in [-0.2, -0.15) is 0 Å². The monoisotopic (exact) mass is 247 g/mol. The summed E-state index contributed by atoms with van der Waals surface area (Å²) in [5, 5.41) is 0. The Hall–Kier alpha value is -1.36. The Balaban J connectivity index is 1.84. The van der Waals surface area contributed by atoms with Crippen molar-refractivity contribution in [3.05, 3.63) is 12.4 Å². The number of anilines is 2.